The summed E-state index contributed by atoms with van der Waals surface area (Å²) in [6.45, 7) is -1.22. The molecule has 0 saturated carbocycles. The van der Waals surface area contributed by atoms with E-state index in [1.807, 2.05) is 24.3 Å². The van der Waals surface area contributed by atoms with Gasteiger partial charge in [-0.15, -0.1) is 24.0 Å². The summed E-state index contributed by atoms with van der Waals surface area (Å²) in [5.41, 5.74) is 1.49. The fourth-order valence-corrected chi connectivity index (χ4v) is 2.67. The van der Waals surface area contributed by atoms with Crippen LogP contribution in [-0.4, -0.2) is 39.9 Å². The van der Waals surface area contributed by atoms with E-state index in [9.17, 15) is 8.78 Å². The van der Waals surface area contributed by atoms with Crippen molar-refractivity contribution in [2.24, 2.45) is 4.99 Å². The van der Waals surface area contributed by atoms with Crippen molar-refractivity contribution in [1.82, 2.24) is 10.6 Å². The lowest BCUT2D eigenvalue weighted by Gasteiger charge is -2.15. The molecule has 30 heavy (non-hydrogen) atoms. The lowest BCUT2D eigenvalue weighted by atomic mass is 10.2. The fourth-order valence-electron chi connectivity index (χ4n) is 2.47. The Balaban J connectivity index is 0.00000450. The quantitative estimate of drug-likeness (QED) is 0.196. The van der Waals surface area contributed by atoms with Crippen LogP contribution in [0.3, 0.4) is 0 Å². The molecule has 0 amide bonds. The molecule has 6 nitrogen and oxygen atoms in total. The third-order valence-corrected chi connectivity index (χ3v) is 4.06. The van der Waals surface area contributed by atoms with Crippen molar-refractivity contribution in [2.45, 2.75) is 19.7 Å². The van der Waals surface area contributed by atoms with Crippen molar-refractivity contribution >= 4 is 41.5 Å². The molecule has 0 heterocycles. The first kappa shape index (κ1) is 26.2. The van der Waals surface area contributed by atoms with Crippen molar-refractivity contribution in [3.63, 3.8) is 0 Å². The van der Waals surface area contributed by atoms with Gasteiger partial charge in [0.2, 0.25) is 0 Å². The Hall–Kier alpha value is -1.85. The molecular formula is C20H25ClF2IN3O3. The molecule has 10 heteroatoms. The number of nitrogens with one attached hydrogen (secondary N) is 2. The topological polar surface area (TPSA) is 64.1 Å². The molecule has 0 radical (unpaired) electrons. The van der Waals surface area contributed by atoms with E-state index in [0.717, 1.165) is 11.3 Å². The van der Waals surface area contributed by atoms with Crippen LogP contribution < -0.4 is 20.1 Å². The number of ether oxygens (including phenoxy) is 3. The normalized spacial score (nSPS) is 11.1. The minimum atomic E-state index is -2.91. The molecule has 0 aliphatic rings. The summed E-state index contributed by atoms with van der Waals surface area (Å²) >= 11 is 5.97. The molecule has 166 valence electrons. The summed E-state index contributed by atoms with van der Waals surface area (Å²) < 4.78 is 40.2. The Morgan fingerprint density at radius 3 is 2.57 bits per heavy atom. The maximum atomic E-state index is 12.6. The highest BCUT2D eigenvalue weighted by Gasteiger charge is 2.11. The zero-order chi connectivity index (χ0) is 21.1. The van der Waals surface area contributed by atoms with Gasteiger partial charge in [0.1, 0.15) is 18.1 Å². The van der Waals surface area contributed by atoms with E-state index in [-0.39, 0.29) is 36.3 Å². The summed E-state index contributed by atoms with van der Waals surface area (Å²) in [6, 6.07) is 12.1. The van der Waals surface area contributed by atoms with Gasteiger partial charge in [0.15, 0.2) is 5.96 Å². The van der Waals surface area contributed by atoms with Crippen LogP contribution in [0.15, 0.2) is 47.5 Å². The summed E-state index contributed by atoms with van der Waals surface area (Å²) in [6.07, 6.45) is 0. The zero-order valence-corrected chi connectivity index (χ0v) is 19.7. The van der Waals surface area contributed by atoms with Crippen LogP contribution in [0.1, 0.15) is 11.1 Å². The summed E-state index contributed by atoms with van der Waals surface area (Å²) in [5.74, 6) is 1.31. The van der Waals surface area contributed by atoms with Crippen molar-refractivity contribution in [1.29, 1.82) is 0 Å². The molecule has 2 aromatic rings. The third-order valence-electron chi connectivity index (χ3n) is 3.82. The third kappa shape index (κ3) is 9.31. The van der Waals surface area contributed by atoms with Gasteiger partial charge in [0, 0.05) is 37.8 Å². The molecule has 2 rings (SSSR count). The van der Waals surface area contributed by atoms with Gasteiger partial charge in [-0.3, -0.25) is 4.99 Å². The van der Waals surface area contributed by atoms with Gasteiger partial charge in [0.25, 0.3) is 0 Å². The smallest absolute Gasteiger partial charge is 0.387 e. The standard InChI is InChI=1S/C20H24ClF2N3O3.HI/c1-24-20(25-12-14-4-3-5-17(10-14)28-9-8-27-2)26-13-15-11-16(21)6-7-18(15)29-19(22)23;/h3-7,10-11,19H,8-9,12-13H2,1-2H3,(H2,24,25,26);1H. The van der Waals surface area contributed by atoms with Crippen LogP contribution in [-0.2, 0) is 17.8 Å². The van der Waals surface area contributed by atoms with Crippen molar-refractivity contribution in [2.75, 3.05) is 27.4 Å². The average Bonchev–Trinajstić information content (AvgIpc) is 2.70. The van der Waals surface area contributed by atoms with Crippen LogP contribution in [0.4, 0.5) is 8.78 Å². The lowest BCUT2D eigenvalue weighted by molar-refractivity contribution is -0.0504. The molecule has 0 saturated heterocycles. The van der Waals surface area contributed by atoms with Gasteiger partial charge in [-0.25, -0.2) is 0 Å². The van der Waals surface area contributed by atoms with Crippen LogP contribution in [0.25, 0.3) is 0 Å². The maximum absolute atomic E-state index is 12.6. The van der Waals surface area contributed by atoms with Crippen molar-refractivity contribution in [3.05, 3.63) is 58.6 Å². The molecule has 0 aliphatic carbocycles. The van der Waals surface area contributed by atoms with Gasteiger partial charge in [0.05, 0.1) is 6.61 Å². The highest BCUT2D eigenvalue weighted by molar-refractivity contribution is 14.0. The van der Waals surface area contributed by atoms with Gasteiger partial charge in [-0.2, -0.15) is 8.78 Å². The Bertz CT molecular complexity index is 813. The second-order valence-electron chi connectivity index (χ2n) is 5.90. The van der Waals surface area contributed by atoms with E-state index in [1.165, 1.54) is 12.1 Å². The summed E-state index contributed by atoms with van der Waals surface area (Å²) in [4.78, 5) is 4.14. The first-order valence-electron chi connectivity index (χ1n) is 8.90. The average molecular weight is 556 g/mol. The number of hydrogen-bond donors (Lipinski definition) is 2. The molecular weight excluding hydrogens is 531 g/mol. The summed E-state index contributed by atoms with van der Waals surface area (Å²) in [5, 5.41) is 6.65. The molecule has 0 spiro atoms. The minimum absolute atomic E-state index is 0. The van der Waals surface area contributed by atoms with Gasteiger partial charge >= 0.3 is 6.61 Å². The molecule has 0 aromatic heterocycles. The Morgan fingerprint density at radius 1 is 1.10 bits per heavy atom. The van der Waals surface area contributed by atoms with E-state index in [0.29, 0.717) is 36.3 Å². The number of rotatable bonds is 10. The van der Waals surface area contributed by atoms with Crippen molar-refractivity contribution in [3.8, 4) is 11.5 Å². The van der Waals surface area contributed by atoms with Gasteiger partial charge in [-0.05, 0) is 35.9 Å². The number of halogens is 4. The number of methoxy groups -OCH3 is 1. The Morgan fingerprint density at radius 2 is 1.87 bits per heavy atom. The largest absolute Gasteiger partial charge is 0.491 e. The number of aliphatic imine (C=N–C) groups is 1. The predicted molar refractivity (Wildman–Crippen MR) is 124 cm³/mol. The number of nitrogens with zero attached hydrogens (tertiary/aromatic N) is 1. The van der Waals surface area contributed by atoms with Crippen LogP contribution in [0, 0.1) is 0 Å². The maximum Gasteiger partial charge on any atom is 0.387 e. The first-order chi connectivity index (χ1) is 14.0. The molecule has 0 fully saturated rings. The zero-order valence-electron chi connectivity index (χ0n) is 16.7. The molecule has 0 aliphatic heterocycles. The van der Waals surface area contributed by atoms with Crippen molar-refractivity contribution < 1.29 is 23.0 Å². The molecule has 2 N–H and O–H groups in total. The predicted octanol–water partition coefficient (Wildman–Crippen LogP) is 4.45. The second kappa shape index (κ2) is 14.2. The van der Waals surface area contributed by atoms with E-state index in [2.05, 4.69) is 20.4 Å². The number of hydrogen-bond acceptors (Lipinski definition) is 4. The number of alkyl halides is 2. The number of benzene rings is 2. The Kier molecular flexibility index (Phi) is 12.4. The van der Waals surface area contributed by atoms with Gasteiger partial charge < -0.3 is 24.8 Å². The first-order valence-corrected chi connectivity index (χ1v) is 9.28. The highest BCUT2D eigenvalue weighted by atomic mass is 127. The summed E-state index contributed by atoms with van der Waals surface area (Å²) in [7, 11) is 3.24. The van der Waals surface area contributed by atoms with E-state index in [4.69, 9.17) is 21.1 Å². The van der Waals surface area contributed by atoms with Gasteiger partial charge in [-0.1, -0.05) is 23.7 Å². The van der Waals surface area contributed by atoms with Crippen LogP contribution in [0.2, 0.25) is 5.02 Å². The van der Waals surface area contributed by atoms with Crippen LogP contribution in [0.5, 0.6) is 11.5 Å². The van der Waals surface area contributed by atoms with E-state index >= 15 is 0 Å². The molecule has 0 unspecified atom stereocenters. The lowest BCUT2D eigenvalue weighted by Crippen LogP contribution is -2.36. The Labute approximate surface area is 197 Å². The van der Waals surface area contributed by atoms with E-state index in [1.54, 1.807) is 20.2 Å². The van der Waals surface area contributed by atoms with Crippen LogP contribution >= 0.6 is 35.6 Å². The molecule has 2 aromatic carbocycles. The number of guanidine groups is 1. The monoisotopic (exact) mass is 555 g/mol. The van der Waals surface area contributed by atoms with E-state index < -0.39 is 6.61 Å². The molecule has 0 bridgehead atoms. The second-order valence-corrected chi connectivity index (χ2v) is 6.33. The SMILES string of the molecule is CN=C(NCc1cccc(OCCOC)c1)NCc1cc(Cl)ccc1OC(F)F.I. The fraction of sp³-hybridized carbons (Fsp3) is 0.350. The molecule has 0 atom stereocenters. The highest BCUT2D eigenvalue weighted by Crippen LogP contribution is 2.24. The minimum Gasteiger partial charge on any atom is -0.491 e.